The summed E-state index contributed by atoms with van der Waals surface area (Å²) in [6.45, 7) is 1.99. The van der Waals surface area contributed by atoms with Crippen LogP contribution in [0.4, 0.5) is 21.8 Å². The van der Waals surface area contributed by atoms with Crippen molar-refractivity contribution in [1.82, 2.24) is 15.0 Å². The molecule has 128 valence electrons. The summed E-state index contributed by atoms with van der Waals surface area (Å²) in [4.78, 5) is 13.0. The molecule has 6 nitrogen and oxygen atoms in total. The Kier molecular flexibility index (Phi) is 5.15. The molecule has 0 amide bonds. The average Bonchev–Trinajstić information content (AvgIpc) is 2.63. The Morgan fingerprint density at radius 3 is 2.68 bits per heavy atom. The van der Waals surface area contributed by atoms with Crippen LogP contribution in [0.3, 0.4) is 0 Å². The summed E-state index contributed by atoms with van der Waals surface area (Å²) in [6.07, 6.45) is 1.68. The van der Waals surface area contributed by atoms with E-state index in [1.54, 1.807) is 31.3 Å². The van der Waals surface area contributed by atoms with Crippen molar-refractivity contribution < 1.29 is 9.50 Å². The minimum Gasteiger partial charge on any atom is -0.395 e. The summed E-state index contributed by atoms with van der Waals surface area (Å²) in [6, 6.07) is 12.2. The zero-order valence-corrected chi connectivity index (χ0v) is 13.7. The number of halogens is 1. The van der Waals surface area contributed by atoms with E-state index in [4.69, 9.17) is 5.11 Å². The molecular weight excluding hydrogens is 321 g/mol. The molecule has 0 aliphatic carbocycles. The summed E-state index contributed by atoms with van der Waals surface area (Å²) in [7, 11) is 0. The second-order valence-electron chi connectivity index (χ2n) is 5.42. The molecule has 0 bridgehead atoms. The summed E-state index contributed by atoms with van der Waals surface area (Å²) in [5.74, 6) is 0.564. The third-order valence-corrected chi connectivity index (χ3v) is 3.49. The number of aryl methyl sites for hydroxylation is 1. The topological polar surface area (TPSA) is 83.0 Å². The van der Waals surface area contributed by atoms with E-state index in [1.165, 1.54) is 6.07 Å². The standard InChI is InChI=1S/C18H18FN5O/c1-12-5-6-13(10-14(12)19)22-17-11-16(15-4-2-3-7-20-15)23-18(24-17)21-8-9-25/h2-7,10-11,25H,8-9H2,1H3,(H2,21,22,23,24). The Bertz CT molecular complexity index is 857. The summed E-state index contributed by atoms with van der Waals surface area (Å²) in [5, 5.41) is 15.0. The van der Waals surface area contributed by atoms with Crippen molar-refractivity contribution in [2.24, 2.45) is 0 Å². The fourth-order valence-electron chi connectivity index (χ4n) is 2.22. The molecule has 0 aliphatic heterocycles. The lowest BCUT2D eigenvalue weighted by Gasteiger charge is -2.11. The van der Waals surface area contributed by atoms with Crippen LogP contribution in [0.2, 0.25) is 0 Å². The molecule has 7 heteroatoms. The number of rotatable bonds is 6. The van der Waals surface area contributed by atoms with Gasteiger partial charge in [0.15, 0.2) is 0 Å². The minimum atomic E-state index is -0.289. The smallest absolute Gasteiger partial charge is 0.225 e. The van der Waals surface area contributed by atoms with Gasteiger partial charge in [-0.2, -0.15) is 4.98 Å². The van der Waals surface area contributed by atoms with Crippen LogP contribution in [0.25, 0.3) is 11.4 Å². The van der Waals surface area contributed by atoms with Crippen LogP contribution in [0.5, 0.6) is 0 Å². The first-order valence-corrected chi connectivity index (χ1v) is 7.84. The van der Waals surface area contributed by atoms with Crippen LogP contribution in [-0.4, -0.2) is 33.2 Å². The number of nitrogens with one attached hydrogen (secondary N) is 2. The molecule has 0 atom stereocenters. The molecule has 25 heavy (non-hydrogen) atoms. The van der Waals surface area contributed by atoms with Gasteiger partial charge in [0.2, 0.25) is 5.95 Å². The van der Waals surface area contributed by atoms with Gasteiger partial charge >= 0.3 is 0 Å². The van der Waals surface area contributed by atoms with Gasteiger partial charge < -0.3 is 15.7 Å². The van der Waals surface area contributed by atoms with Crippen molar-refractivity contribution in [3.63, 3.8) is 0 Å². The van der Waals surface area contributed by atoms with Gasteiger partial charge in [0.05, 0.1) is 18.0 Å². The fraction of sp³-hybridized carbons (Fsp3) is 0.167. The Hall–Kier alpha value is -3.06. The van der Waals surface area contributed by atoms with Gasteiger partial charge in [0.1, 0.15) is 11.6 Å². The Labute approximate surface area is 144 Å². The van der Waals surface area contributed by atoms with Gasteiger partial charge in [-0.3, -0.25) is 4.98 Å². The highest BCUT2D eigenvalue weighted by Gasteiger charge is 2.08. The van der Waals surface area contributed by atoms with Gasteiger partial charge in [-0.15, -0.1) is 0 Å². The highest BCUT2D eigenvalue weighted by Crippen LogP contribution is 2.23. The Balaban J connectivity index is 1.95. The first-order valence-electron chi connectivity index (χ1n) is 7.84. The number of anilines is 3. The number of hydrogen-bond acceptors (Lipinski definition) is 6. The number of aromatic nitrogens is 3. The lowest BCUT2D eigenvalue weighted by atomic mass is 10.2. The van der Waals surface area contributed by atoms with Crippen molar-refractivity contribution in [3.8, 4) is 11.4 Å². The van der Waals surface area contributed by atoms with Gasteiger partial charge in [0, 0.05) is 24.5 Å². The lowest BCUT2D eigenvalue weighted by molar-refractivity contribution is 0.311. The molecule has 2 heterocycles. The maximum Gasteiger partial charge on any atom is 0.225 e. The molecule has 0 aliphatic rings. The predicted octanol–water partition coefficient (Wildman–Crippen LogP) is 3.13. The molecule has 3 aromatic rings. The highest BCUT2D eigenvalue weighted by atomic mass is 19.1. The quantitative estimate of drug-likeness (QED) is 0.640. The SMILES string of the molecule is Cc1ccc(Nc2cc(-c3ccccn3)nc(NCCO)n2)cc1F. The molecule has 0 radical (unpaired) electrons. The fourth-order valence-corrected chi connectivity index (χ4v) is 2.22. The second-order valence-corrected chi connectivity index (χ2v) is 5.42. The molecule has 0 saturated carbocycles. The van der Waals surface area contributed by atoms with Gasteiger partial charge in [-0.05, 0) is 36.8 Å². The van der Waals surface area contributed by atoms with Crippen LogP contribution in [0, 0.1) is 12.7 Å². The lowest BCUT2D eigenvalue weighted by Crippen LogP contribution is -2.10. The summed E-state index contributed by atoms with van der Waals surface area (Å²) >= 11 is 0. The molecular formula is C18H18FN5O. The van der Waals surface area contributed by atoms with Crippen LogP contribution in [0.15, 0.2) is 48.7 Å². The predicted molar refractivity (Wildman–Crippen MR) is 95.3 cm³/mol. The molecule has 3 rings (SSSR count). The van der Waals surface area contributed by atoms with E-state index in [-0.39, 0.29) is 12.4 Å². The normalized spacial score (nSPS) is 10.5. The molecule has 0 spiro atoms. The third-order valence-electron chi connectivity index (χ3n) is 3.49. The number of nitrogens with zero attached hydrogens (tertiary/aromatic N) is 3. The van der Waals surface area contributed by atoms with E-state index >= 15 is 0 Å². The molecule has 0 unspecified atom stereocenters. The van der Waals surface area contributed by atoms with Crippen molar-refractivity contribution in [2.45, 2.75) is 6.92 Å². The van der Waals surface area contributed by atoms with Gasteiger partial charge in [0.25, 0.3) is 0 Å². The molecule has 3 N–H and O–H groups in total. The van der Waals surface area contributed by atoms with Gasteiger partial charge in [-0.1, -0.05) is 12.1 Å². The van der Waals surface area contributed by atoms with Crippen molar-refractivity contribution >= 4 is 17.5 Å². The molecule has 0 saturated heterocycles. The van der Waals surface area contributed by atoms with Crippen LogP contribution >= 0.6 is 0 Å². The molecule has 0 fully saturated rings. The largest absolute Gasteiger partial charge is 0.395 e. The molecule has 2 aromatic heterocycles. The number of benzene rings is 1. The Morgan fingerprint density at radius 1 is 1.08 bits per heavy atom. The van der Waals surface area contributed by atoms with E-state index in [9.17, 15) is 4.39 Å². The number of aliphatic hydroxyl groups is 1. The van der Waals surface area contributed by atoms with E-state index in [0.29, 0.717) is 40.9 Å². The minimum absolute atomic E-state index is 0.0386. The Morgan fingerprint density at radius 2 is 1.96 bits per heavy atom. The summed E-state index contributed by atoms with van der Waals surface area (Å²) in [5.41, 5.74) is 2.47. The average molecular weight is 339 g/mol. The number of pyridine rings is 1. The first kappa shape index (κ1) is 16.8. The summed E-state index contributed by atoms with van der Waals surface area (Å²) < 4.78 is 13.7. The maximum atomic E-state index is 13.7. The van der Waals surface area contributed by atoms with Crippen molar-refractivity contribution in [3.05, 3.63) is 60.0 Å². The van der Waals surface area contributed by atoms with Crippen LogP contribution in [-0.2, 0) is 0 Å². The number of hydrogen-bond donors (Lipinski definition) is 3. The third kappa shape index (κ3) is 4.27. The van der Waals surface area contributed by atoms with Crippen molar-refractivity contribution in [1.29, 1.82) is 0 Å². The zero-order valence-electron chi connectivity index (χ0n) is 13.7. The highest BCUT2D eigenvalue weighted by molar-refractivity contribution is 5.65. The maximum absolute atomic E-state index is 13.7. The van der Waals surface area contributed by atoms with E-state index < -0.39 is 0 Å². The van der Waals surface area contributed by atoms with Crippen LogP contribution in [0.1, 0.15) is 5.56 Å². The van der Waals surface area contributed by atoms with E-state index in [2.05, 4.69) is 25.6 Å². The zero-order chi connectivity index (χ0) is 17.6. The van der Waals surface area contributed by atoms with Crippen molar-refractivity contribution in [2.75, 3.05) is 23.8 Å². The molecule has 1 aromatic carbocycles. The monoisotopic (exact) mass is 339 g/mol. The number of aliphatic hydroxyl groups excluding tert-OH is 1. The second kappa shape index (κ2) is 7.67. The van der Waals surface area contributed by atoms with Crippen LogP contribution < -0.4 is 10.6 Å². The first-order chi connectivity index (χ1) is 12.2. The van der Waals surface area contributed by atoms with E-state index in [1.807, 2.05) is 18.2 Å². The van der Waals surface area contributed by atoms with Gasteiger partial charge in [-0.25, -0.2) is 9.37 Å². The van der Waals surface area contributed by atoms with E-state index in [0.717, 1.165) is 0 Å².